The van der Waals surface area contributed by atoms with Crippen molar-refractivity contribution >= 4 is 11.6 Å². The van der Waals surface area contributed by atoms with Gasteiger partial charge in [0.2, 0.25) is 0 Å². The van der Waals surface area contributed by atoms with E-state index in [0.717, 1.165) is 18.3 Å². The van der Waals surface area contributed by atoms with E-state index in [1.807, 2.05) is 0 Å². The monoisotopic (exact) mass is 212 g/mol. The first-order valence-electron chi connectivity index (χ1n) is 5.83. The van der Waals surface area contributed by atoms with Crippen molar-refractivity contribution in [3.63, 3.8) is 0 Å². The van der Waals surface area contributed by atoms with Gasteiger partial charge in [-0.2, -0.15) is 0 Å². The van der Waals surface area contributed by atoms with E-state index in [-0.39, 0.29) is 4.87 Å². The summed E-state index contributed by atoms with van der Waals surface area (Å²) in [5.74, 6) is 1.95. The third-order valence-electron chi connectivity index (χ3n) is 3.78. The van der Waals surface area contributed by atoms with Gasteiger partial charge in [-0.15, -0.1) is 11.6 Å². The Kier molecular flexibility index (Phi) is 2.68. The smallest absolute Gasteiger partial charge is 0.0427 e. The Balaban J connectivity index is 2.09. The molecular weight excluding hydrogens is 192 g/mol. The van der Waals surface area contributed by atoms with Crippen LogP contribution in [0, 0.1) is 11.8 Å². The zero-order chi connectivity index (χ0) is 10.3. The van der Waals surface area contributed by atoms with E-state index >= 15 is 0 Å². The van der Waals surface area contributed by atoms with Crippen LogP contribution in [0.15, 0.2) is 11.1 Å². The average molecular weight is 213 g/mol. The van der Waals surface area contributed by atoms with Gasteiger partial charge in [0.15, 0.2) is 0 Å². The van der Waals surface area contributed by atoms with E-state index in [9.17, 15) is 0 Å². The first-order valence-corrected chi connectivity index (χ1v) is 6.21. The lowest BCUT2D eigenvalue weighted by atomic mass is 9.88. The highest BCUT2D eigenvalue weighted by atomic mass is 35.5. The Morgan fingerprint density at radius 2 is 2.14 bits per heavy atom. The third kappa shape index (κ3) is 2.16. The van der Waals surface area contributed by atoms with Gasteiger partial charge in [-0.1, -0.05) is 11.1 Å². The van der Waals surface area contributed by atoms with Crippen molar-refractivity contribution in [1.82, 2.24) is 0 Å². The van der Waals surface area contributed by atoms with Crippen molar-refractivity contribution in [1.29, 1.82) is 0 Å². The highest BCUT2D eigenvalue weighted by Gasteiger charge is 2.36. The second-order valence-electron chi connectivity index (χ2n) is 5.78. The molecule has 0 nitrogen and oxygen atoms in total. The number of hydrogen-bond acceptors (Lipinski definition) is 0. The van der Waals surface area contributed by atoms with Crippen LogP contribution in [0.5, 0.6) is 0 Å². The fourth-order valence-electron chi connectivity index (χ4n) is 3.32. The van der Waals surface area contributed by atoms with Gasteiger partial charge in [-0.25, -0.2) is 0 Å². The lowest BCUT2D eigenvalue weighted by Crippen LogP contribution is -2.12. The molecule has 0 aliphatic heterocycles. The molecule has 0 spiro atoms. The molecule has 2 atom stereocenters. The summed E-state index contributed by atoms with van der Waals surface area (Å²) in [4.78, 5) is -0.0566. The number of hydrogen-bond donors (Lipinski definition) is 0. The Bertz CT molecular complexity index is 257. The highest BCUT2D eigenvalue weighted by Crippen LogP contribution is 2.49. The van der Waals surface area contributed by atoms with Crippen molar-refractivity contribution < 1.29 is 0 Å². The Hall–Kier alpha value is 0.0300. The van der Waals surface area contributed by atoms with E-state index < -0.39 is 0 Å². The molecule has 2 bridgehead atoms. The predicted octanol–water partition coefficient (Wildman–Crippen LogP) is 4.53. The van der Waals surface area contributed by atoms with Crippen LogP contribution >= 0.6 is 11.6 Å². The molecule has 2 saturated carbocycles. The Morgan fingerprint density at radius 3 is 2.57 bits per heavy atom. The van der Waals surface area contributed by atoms with Gasteiger partial charge in [-0.3, -0.25) is 0 Å². The normalized spacial score (nSPS) is 35.1. The molecule has 0 heterocycles. The largest absolute Gasteiger partial charge is 0.120 e. The predicted molar refractivity (Wildman–Crippen MR) is 62.7 cm³/mol. The number of fused-ring (bicyclic) bond motifs is 2. The zero-order valence-corrected chi connectivity index (χ0v) is 10.3. The average Bonchev–Trinajstić information content (AvgIpc) is 2.59. The van der Waals surface area contributed by atoms with Crippen LogP contribution in [-0.2, 0) is 0 Å². The summed E-state index contributed by atoms with van der Waals surface area (Å²) in [5, 5.41) is 0. The minimum Gasteiger partial charge on any atom is -0.120 e. The summed E-state index contributed by atoms with van der Waals surface area (Å²) in [6.45, 7) is 6.53. The summed E-state index contributed by atoms with van der Waals surface area (Å²) in [6, 6.07) is 0. The molecule has 0 amide bonds. The summed E-state index contributed by atoms with van der Waals surface area (Å²) < 4.78 is 0. The molecular formula is C13H21Cl. The molecule has 0 N–H and O–H groups in total. The molecule has 0 aromatic rings. The maximum Gasteiger partial charge on any atom is 0.0427 e. The lowest BCUT2D eigenvalue weighted by molar-refractivity contribution is 0.551. The second kappa shape index (κ2) is 3.56. The Morgan fingerprint density at radius 1 is 1.43 bits per heavy atom. The van der Waals surface area contributed by atoms with Crippen molar-refractivity contribution in [2.75, 3.05) is 0 Å². The standard InChI is InChI=1S/C13H21Cl/c1-9(8-13(2,3)14)12-7-10-4-5-11(12)6-10/h10-11H,4-8H2,1-3H3. The molecule has 2 unspecified atom stereocenters. The minimum absolute atomic E-state index is 0.0566. The van der Waals surface area contributed by atoms with Gasteiger partial charge in [0, 0.05) is 4.87 Å². The number of allylic oxidation sites excluding steroid dienone is 2. The molecule has 80 valence electrons. The highest BCUT2D eigenvalue weighted by molar-refractivity contribution is 6.23. The molecule has 14 heavy (non-hydrogen) atoms. The van der Waals surface area contributed by atoms with Crippen molar-refractivity contribution in [2.45, 2.75) is 57.7 Å². The second-order valence-corrected chi connectivity index (χ2v) is 6.80. The molecule has 2 aliphatic carbocycles. The van der Waals surface area contributed by atoms with Crippen LogP contribution < -0.4 is 0 Å². The van der Waals surface area contributed by atoms with E-state index in [2.05, 4.69) is 20.8 Å². The van der Waals surface area contributed by atoms with Gasteiger partial charge >= 0.3 is 0 Å². The van der Waals surface area contributed by atoms with Gasteiger partial charge in [0.25, 0.3) is 0 Å². The summed E-state index contributed by atoms with van der Waals surface area (Å²) in [7, 11) is 0. The van der Waals surface area contributed by atoms with Crippen LogP contribution in [0.25, 0.3) is 0 Å². The Labute approximate surface area is 92.7 Å². The summed E-state index contributed by atoms with van der Waals surface area (Å²) in [6.07, 6.45) is 6.83. The van der Waals surface area contributed by atoms with Gasteiger partial charge in [-0.05, 0) is 64.7 Å². The molecule has 0 saturated heterocycles. The molecule has 1 heteroatoms. The van der Waals surface area contributed by atoms with Gasteiger partial charge < -0.3 is 0 Å². The van der Waals surface area contributed by atoms with Crippen LogP contribution in [0.1, 0.15) is 52.9 Å². The maximum absolute atomic E-state index is 6.27. The molecule has 0 aromatic heterocycles. The van der Waals surface area contributed by atoms with E-state index in [4.69, 9.17) is 11.6 Å². The van der Waals surface area contributed by atoms with Crippen LogP contribution in [0.2, 0.25) is 0 Å². The first kappa shape index (κ1) is 10.5. The molecule has 0 aromatic carbocycles. The van der Waals surface area contributed by atoms with E-state index in [1.54, 1.807) is 11.1 Å². The SMILES string of the molecule is CC(CC(C)(C)Cl)=C1CC2CCC1C2. The number of rotatable bonds is 2. The van der Waals surface area contributed by atoms with Crippen LogP contribution in [-0.4, -0.2) is 4.87 Å². The fraction of sp³-hybridized carbons (Fsp3) is 0.846. The maximum atomic E-state index is 6.27. The first-order chi connectivity index (χ1) is 6.46. The lowest BCUT2D eigenvalue weighted by Gasteiger charge is -2.21. The van der Waals surface area contributed by atoms with Crippen LogP contribution in [0.4, 0.5) is 0 Å². The van der Waals surface area contributed by atoms with E-state index in [0.29, 0.717) is 0 Å². The third-order valence-corrected chi connectivity index (χ3v) is 3.91. The van der Waals surface area contributed by atoms with Gasteiger partial charge in [0.05, 0.1) is 0 Å². The quantitative estimate of drug-likeness (QED) is 0.466. The van der Waals surface area contributed by atoms with Crippen molar-refractivity contribution in [3.05, 3.63) is 11.1 Å². The number of halogens is 1. The van der Waals surface area contributed by atoms with Gasteiger partial charge in [0.1, 0.15) is 0 Å². The van der Waals surface area contributed by atoms with Crippen molar-refractivity contribution in [2.24, 2.45) is 11.8 Å². The fourth-order valence-corrected chi connectivity index (χ4v) is 3.52. The number of alkyl halides is 1. The molecule has 2 aliphatic rings. The topological polar surface area (TPSA) is 0 Å². The molecule has 2 rings (SSSR count). The van der Waals surface area contributed by atoms with Crippen LogP contribution in [0.3, 0.4) is 0 Å². The molecule has 0 radical (unpaired) electrons. The zero-order valence-electron chi connectivity index (χ0n) is 9.57. The summed E-state index contributed by atoms with van der Waals surface area (Å²) in [5.41, 5.74) is 3.34. The molecule has 2 fully saturated rings. The van der Waals surface area contributed by atoms with E-state index in [1.165, 1.54) is 25.7 Å². The minimum atomic E-state index is -0.0566. The van der Waals surface area contributed by atoms with Crippen molar-refractivity contribution in [3.8, 4) is 0 Å². The summed E-state index contributed by atoms with van der Waals surface area (Å²) >= 11 is 6.27.